The smallest absolute Gasteiger partial charge is 0.255 e. The molecule has 3 aromatic rings. The van der Waals surface area contributed by atoms with Crippen molar-refractivity contribution in [1.29, 1.82) is 0 Å². The molecule has 276 valence electrons. The van der Waals surface area contributed by atoms with Crippen LogP contribution in [0.15, 0.2) is 78.9 Å². The van der Waals surface area contributed by atoms with Crippen LogP contribution >= 0.6 is 0 Å². The van der Waals surface area contributed by atoms with Crippen LogP contribution in [0, 0.1) is 0 Å². The zero-order valence-corrected chi connectivity index (χ0v) is 29.3. The number of aromatic hydroxyl groups is 1. The number of phenolic OH excluding ortho intramolecular Hbond substituents is 1. The molecular weight excluding hydrogens is 664 g/mol. The first-order valence-electron chi connectivity index (χ1n) is 18.0. The lowest BCUT2D eigenvalue weighted by Crippen LogP contribution is -2.56. The van der Waals surface area contributed by atoms with Gasteiger partial charge in [0.15, 0.2) is 0 Å². The fourth-order valence-electron chi connectivity index (χ4n) is 6.30. The van der Waals surface area contributed by atoms with Gasteiger partial charge in [0.25, 0.3) is 5.91 Å². The third-order valence-corrected chi connectivity index (χ3v) is 9.14. The lowest BCUT2D eigenvalue weighted by atomic mass is 10.0. The fraction of sp³-hybridized carbons (Fsp3) is 0.410. The van der Waals surface area contributed by atoms with Crippen molar-refractivity contribution < 1.29 is 33.8 Å². The summed E-state index contributed by atoms with van der Waals surface area (Å²) in [6.07, 6.45) is 3.57. The number of rotatable bonds is 8. The first kappa shape index (κ1) is 37.8. The van der Waals surface area contributed by atoms with Gasteiger partial charge in [0, 0.05) is 32.5 Å². The number of benzene rings is 3. The van der Waals surface area contributed by atoms with E-state index < -0.39 is 54.1 Å². The van der Waals surface area contributed by atoms with E-state index in [2.05, 4.69) is 31.5 Å². The minimum atomic E-state index is -1.27. The minimum Gasteiger partial charge on any atom is -0.508 e. The van der Waals surface area contributed by atoms with Crippen LogP contribution in [0.5, 0.6) is 11.5 Å². The Morgan fingerprint density at radius 1 is 0.769 bits per heavy atom. The van der Waals surface area contributed by atoms with Crippen molar-refractivity contribution in [1.82, 2.24) is 31.5 Å². The predicted octanol–water partition coefficient (Wildman–Crippen LogP) is 1.84. The number of fused-ring (bicyclic) bond motifs is 1. The Kier molecular flexibility index (Phi) is 14.0. The first-order chi connectivity index (χ1) is 25.2. The second-order valence-electron chi connectivity index (χ2n) is 13.2. The average Bonchev–Trinajstić information content (AvgIpc) is 3.15. The van der Waals surface area contributed by atoms with Crippen LogP contribution in [0.2, 0.25) is 0 Å². The Balaban J connectivity index is 1.40. The highest BCUT2D eigenvalue weighted by atomic mass is 16.5. The maximum absolute atomic E-state index is 13.9. The van der Waals surface area contributed by atoms with Crippen molar-refractivity contribution in [3.63, 3.8) is 0 Å². The van der Waals surface area contributed by atoms with Gasteiger partial charge in [-0.1, -0.05) is 61.0 Å². The molecule has 2 aliphatic heterocycles. The lowest BCUT2D eigenvalue weighted by molar-refractivity contribution is -0.133. The fourth-order valence-corrected chi connectivity index (χ4v) is 6.30. The summed E-state index contributed by atoms with van der Waals surface area (Å²) < 4.78 is 5.92. The van der Waals surface area contributed by atoms with Crippen LogP contribution in [0.4, 0.5) is 0 Å². The van der Waals surface area contributed by atoms with Crippen LogP contribution in [0.25, 0.3) is 0 Å². The predicted molar refractivity (Wildman–Crippen MR) is 195 cm³/mol. The summed E-state index contributed by atoms with van der Waals surface area (Å²) in [7, 11) is 0. The van der Waals surface area contributed by atoms with Gasteiger partial charge in [-0.15, -0.1) is 0 Å². The summed E-state index contributed by atoms with van der Waals surface area (Å²) in [5.74, 6) is -2.48. The molecule has 5 amide bonds. The maximum atomic E-state index is 13.9. The van der Waals surface area contributed by atoms with Crippen LogP contribution in [-0.4, -0.2) is 97.0 Å². The number of hydrogen-bond acceptors (Lipinski definition) is 8. The molecule has 5 rings (SSSR count). The van der Waals surface area contributed by atoms with E-state index >= 15 is 0 Å². The molecule has 52 heavy (non-hydrogen) atoms. The molecule has 0 aliphatic carbocycles. The van der Waals surface area contributed by atoms with Gasteiger partial charge in [0.2, 0.25) is 23.6 Å². The molecule has 3 atom stereocenters. The number of amides is 5. The van der Waals surface area contributed by atoms with Crippen molar-refractivity contribution in [2.24, 2.45) is 0 Å². The van der Waals surface area contributed by atoms with Gasteiger partial charge >= 0.3 is 0 Å². The van der Waals surface area contributed by atoms with Crippen LogP contribution in [-0.2, 0) is 32.0 Å². The summed E-state index contributed by atoms with van der Waals surface area (Å²) in [5, 5.41) is 23.9. The molecule has 2 aliphatic rings. The van der Waals surface area contributed by atoms with E-state index in [4.69, 9.17) is 4.74 Å². The largest absolute Gasteiger partial charge is 0.508 e. The molecule has 0 bridgehead atoms. The highest BCUT2D eigenvalue weighted by Crippen LogP contribution is 2.19. The number of para-hydroxylation sites is 1. The van der Waals surface area contributed by atoms with E-state index in [-0.39, 0.29) is 37.3 Å². The van der Waals surface area contributed by atoms with Crippen LogP contribution in [0.3, 0.4) is 0 Å². The van der Waals surface area contributed by atoms with E-state index in [0.29, 0.717) is 30.8 Å². The maximum Gasteiger partial charge on any atom is 0.255 e. The summed E-state index contributed by atoms with van der Waals surface area (Å²) in [6, 6.07) is 18.7. The SMILES string of the molecule is O=C1C[C@@H](C(=O)NCCN2CCCCC2)NC(=O)c2ccccc2OCCCNC(=O)[C@H](Cc2ccccc2)NC(=O)[C@H](Cc2ccc(O)cc2)N1. The number of carbonyl (C=O) groups is 5. The quantitative estimate of drug-likeness (QED) is 0.205. The molecule has 2 heterocycles. The molecule has 1 saturated heterocycles. The number of piperidine rings is 1. The van der Waals surface area contributed by atoms with Crippen molar-refractivity contribution in [2.45, 2.75) is 63.1 Å². The number of nitrogens with one attached hydrogen (secondary N) is 5. The zero-order valence-electron chi connectivity index (χ0n) is 29.3. The number of ether oxygens (including phenoxy) is 1. The molecule has 13 nitrogen and oxygen atoms in total. The highest BCUT2D eigenvalue weighted by molar-refractivity contribution is 6.01. The molecule has 0 unspecified atom stereocenters. The monoisotopic (exact) mass is 712 g/mol. The molecule has 13 heteroatoms. The van der Waals surface area contributed by atoms with Gasteiger partial charge in [-0.05, 0) is 67.7 Å². The Morgan fingerprint density at radius 3 is 2.19 bits per heavy atom. The molecule has 0 spiro atoms. The topological polar surface area (TPSA) is 178 Å². The minimum absolute atomic E-state index is 0.0291. The second-order valence-corrected chi connectivity index (χ2v) is 13.2. The summed E-state index contributed by atoms with van der Waals surface area (Å²) in [6.45, 7) is 3.30. The number of carbonyl (C=O) groups excluding carboxylic acids is 5. The van der Waals surface area contributed by atoms with E-state index in [1.807, 2.05) is 30.3 Å². The third kappa shape index (κ3) is 11.6. The Hall–Kier alpha value is -5.43. The van der Waals surface area contributed by atoms with Gasteiger partial charge in [0.05, 0.1) is 18.6 Å². The van der Waals surface area contributed by atoms with Crippen molar-refractivity contribution in [3.05, 3.63) is 95.6 Å². The highest BCUT2D eigenvalue weighted by Gasteiger charge is 2.31. The molecule has 0 radical (unpaired) electrons. The summed E-state index contributed by atoms with van der Waals surface area (Å²) >= 11 is 0. The number of nitrogens with zero attached hydrogens (tertiary/aromatic N) is 1. The normalized spacial score (nSPS) is 21.1. The van der Waals surface area contributed by atoms with Gasteiger partial charge in [-0.25, -0.2) is 0 Å². The Bertz CT molecular complexity index is 1660. The van der Waals surface area contributed by atoms with E-state index in [0.717, 1.165) is 31.5 Å². The van der Waals surface area contributed by atoms with Gasteiger partial charge in [0.1, 0.15) is 29.6 Å². The number of hydrogen-bond donors (Lipinski definition) is 6. The van der Waals surface area contributed by atoms with E-state index in [1.54, 1.807) is 36.4 Å². The number of likely N-dealkylation sites (tertiary alicyclic amines) is 1. The Morgan fingerprint density at radius 2 is 1.44 bits per heavy atom. The molecule has 0 aromatic heterocycles. The molecule has 1 fully saturated rings. The summed E-state index contributed by atoms with van der Waals surface area (Å²) in [5.41, 5.74) is 1.65. The van der Waals surface area contributed by atoms with E-state index in [1.165, 1.54) is 18.6 Å². The second kappa shape index (κ2) is 19.3. The van der Waals surface area contributed by atoms with Gasteiger partial charge in [-0.2, -0.15) is 0 Å². The van der Waals surface area contributed by atoms with Crippen LogP contribution in [0.1, 0.15) is 53.6 Å². The third-order valence-electron chi connectivity index (χ3n) is 9.14. The van der Waals surface area contributed by atoms with Crippen molar-refractivity contribution in [3.8, 4) is 11.5 Å². The van der Waals surface area contributed by atoms with Gasteiger partial charge < -0.3 is 41.3 Å². The molecule has 3 aromatic carbocycles. The lowest BCUT2D eigenvalue weighted by Gasteiger charge is -2.27. The summed E-state index contributed by atoms with van der Waals surface area (Å²) in [4.78, 5) is 70.6. The van der Waals surface area contributed by atoms with E-state index in [9.17, 15) is 29.1 Å². The molecule has 0 saturated carbocycles. The average molecular weight is 713 g/mol. The number of phenols is 1. The standard InChI is InChI=1S/C39H48N6O7/c46-29-16-14-28(15-17-29)25-32-39(51)44-31(24-27-10-3-1-4-11-27)37(49)40-18-9-23-52-34-13-6-5-12-30(34)36(48)43-33(26-35(47)42-32)38(50)41-19-22-45-20-7-2-8-21-45/h1,3-6,10-17,31-33,46H,2,7-9,18-26H2,(H,40,49)(H,41,50)(H,42,47)(H,43,48)(H,44,51)/t31-,32-,33-/m0/s1. The first-order valence-corrected chi connectivity index (χ1v) is 18.0. The Labute approximate surface area is 303 Å². The van der Waals surface area contributed by atoms with Crippen LogP contribution < -0.4 is 31.3 Å². The van der Waals surface area contributed by atoms with Crippen molar-refractivity contribution >= 4 is 29.5 Å². The molecule has 6 N–H and O–H groups in total. The van der Waals surface area contributed by atoms with Crippen molar-refractivity contribution in [2.75, 3.05) is 39.3 Å². The van der Waals surface area contributed by atoms with Gasteiger partial charge in [-0.3, -0.25) is 24.0 Å². The molecular formula is C39H48N6O7. The zero-order chi connectivity index (χ0) is 36.7.